The Labute approximate surface area is 162 Å². The van der Waals surface area contributed by atoms with Crippen LogP contribution < -0.4 is 14.8 Å². The number of amides is 1. The van der Waals surface area contributed by atoms with E-state index in [1.807, 2.05) is 37.3 Å². The van der Waals surface area contributed by atoms with Crippen LogP contribution in [0.25, 0.3) is 0 Å². The molecule has 2 aromatic carbocycles. The van der Waals surface area contributed by atoms with Crippen LogP contribution in [0.3, 0.4) is 0 Å². The van der Waals surface area contributed by atoms with E-state index in [0.29, 0.717) is 41.2 Å². The second-order valence-corrected chi connectivity index (χ2v) is 6.67. The number of aryl methyl sites for hydroxylation is 1. The molecule has 0 unspecified atom stereocenters. The molecule has 1 aromatic heterocycles. The summed E-state index contributed by atoms with van der Waals surface area (Å²) in [7, 11) is 0. The highest BCUT2D eigenvalue weighted by molar-refractivity contribution is 7.09. The van der Waals surface area contributed by atoms with Gasteiger partial charge in [-0.1, -0.05) is 37.3 Å². The van der Waals surface area contributed by atoms with Crippen LogP contribution in [0.5, 0.6) is 11.5 Å². The van der Waals surface area contributed by atoms with Crippen LogP contribution >= 0.6 is 11.5 Å². The predicted octanol–water partition coefficient (Wildman–Crippen LogP) is 4.47. The molecule has 3 aromatic rings. The molecule has 140 valence electrons. The van der Waals surface area contributed by atoms with E-state index in [2.05, 4.69) is 14.7 Å². The SMILES string of the molecule is CCCOc1cc(OCc2ccccc2)cc(C(=O)Nc2nc(C)ns2)c1. The number of carbonyl (C=O) groups excluding carboxylic acids is 1. The average Bonchev–Trinajstić information content (AvgIpc) is 3.10. The molecule has 1 amide bonds. The maximum absolute atomic E-state index is 12.6. The van der Waals surface area contributed by atoms with Gasteiger partial charge >= 0.3 is 0 Å². The maximum Gasteiger partial charge on any atom is 0.257 e. The summed E-state index contributed by atoms with van der Waals surface area (Å²) in [4.78, 5) is 16.8. The largest absolute Gasteiger partial charge is 0.493 e. The zero-order chi connectivity index (χ0) is 19.1. The standard InChI is InChI=1S/C20H21N3O3S/c1-3-9-25-17-10-16(19(24)22-20-21-14(2)23-27-20)11-18(12-17)26-13-15-7-5-4-6-8-15/h4-8,10-12H,3,9,13H2,1-2H3,(H,21,22,23,24). The lowest BCUT2D eigenvalue weighted by Crippen LogP contribution is -2.12. The summed E-state index contributed by atoms with van der Waals surface area (Å²) < 4.78 is 15.6. The van der Waals surface area contributed by atoms with Crippen molar-refractivity contribution in [3.63, 3.8) is 0 Å². The Morgan fingerprint density at radius 3 is 2.52 bits per heavy atom. The van der Waals surface area contributed by atoms with E-state index in [0.717, 1.165) is 23.5 Å². The number of carbonyl (C=O) groups is 1. The number of rotatable bonds is 8. The molecule has 0 spiro atoms. The van der Waals surface area contributed by atoms with Gasteiger partial charge in [-0.25, -0.2) is 4.98 Å². The van der Waals surface area contributed by atoms with Gasteiger partial charge in [0.05, 0.1) is 6.61 Å². The molecule has 0 saturated heterocycles. The number of nitrogens with zero attached hydrogens (tertiary/aromatic N) is 2. The summed E-state index contributed by atoms with van der Waals surface area (Å²) in [6.07, 6.45) is 0.876. The molecule has 0 radical (unpaired) electrons. The molecule has 0 saturated carbocycles. The first kappa shape index (κ1) is 18.8. The molecule has 6 nitrogen and oxygen atoms in total. The van der Waals surface area contributed by atoms with Crippen LogP contribution in [-0.4, -0.2) is 21.9 Å². The van der Waals surface area contributed by atoms with Gasteiger partial charge in [-0.2, -0.15) is 4.37 Å². The fourth-order valence-electron chi connectivity index (χ4n) is 2.35. The first-order chi connectivity index (χ1) is 13.1. The minimum absolute atomic E-state index is 0.280. The lowest BCUT2D eigenvalue weighted by Gasteiger charge is -2.12. The van der Waals surface area contributed by atoms with Gasteiger partial charge < -0.3 is 9.47 Å². The van der Waals surface area contributed by atoms with E-state index in [-0.39, 0.29) is 5.91 Å². The summed E-state index contributed by atoms with van der Waals surface area (Å²) >= 11 is 1.15. The van der Waals surface area contributed by atoms with Gasteiger partial charge in [0.1, 0.15) is 23.9 Å². The molecule has 0 bridgehead atoms. The third kappa shape index (κ3) is 5.52. The van der Waals surface area contributed by atoms with Crippen molar-refractivity contribution in [3.8, 4) is 11.5 Å². The molecule has 27 heavy (non-hydrogen) atoms. The van der Waals surface area contributed by atoms with Gasteiger partial charge in [-0.3, -0.25) is 10.1 Å². The van der Waals surface area contributed by atoms with Crippen molar-refractivity contribution < 1.29 is 14.3 Å². The van der Waals surface area contributed by atoms with Crippen LogP contribution in [0, 0.1) is 6.92 Å². The van der Waals surface area contributed by atoms with Crippen molar-refractivity contribution in [2.24, 2.45) is 0 Å². The molecular weight excluding hydrogens is 362 g/mol. The third-order valence-electron chi connectivity index (χ3n) is 3.61. The van der Waals surface area contributed by atoms with E-state index in [9.17, 15) is 4.79 Å². The third-order valence-corrected chi connectivity index (χ3v) is 4.33. The molecule has 0 aliphatic carbocycles. The summed E-state index contributed by atoms with van der Waals surface area (Å²) in [6, 6.07) is 15.1. The fraction of sp³-hybridized carbons (Fsp3) is 0.250. The molecular formula is C20H21N3O3S. The Morgan fingerprint density at radius 2 is 1.85 bits per heavy atom. The van der Waals surface area contributed by atoms with Crippen LogP contribution in [0.1, 0.15) is 35.1 Å². The highest BCUT2D eigenvalue weighted by Gasteiger charge is 2.13. The van der Waals surface area contributed by atoms with E-state index < -0.39 is 0 Å². The van der Waals surface area contributed by atoms with Gasteiger partial charge in [-0.05, 0) is 31.0 Å². The van der Waals surface area contributed by atoms with Crippen LogP contribution in [0.15, 0.2) is 48.5 Å². The summed E-state index contributed by atoms with van der Waals surface area (Å²) in [5.74, 6) is 1.52. The number of anilines is 1. The second-order valence-electron chi connectivity index (χ2n) is 5.92. The van der Waals surface area contributed by atoms with Crippen LogP contribution in [0.4, 0.5) is 5.13 Å². The number of ether oxygens (including phenoxy) is 2. The minimum Gasteiger partial charge on any atom is -0.493 e. The zero-order valence-electron chi connectivity index (χ0n) is 15.3. The summed E-state index contributed by atoms with van der Waals surface area (Å²) in [5.41, 5.74) is 1.49. The monoisotopic (exact) mass is 383 g/mol. The van der Waals surface area contributed by atoms with Crippen molar-refractivity contribution in [2.45, 2.75) is 26.9 Å². The predicted molar refractivity (Wildman–Crippen MR) is 106 cm³/mol. The Hall–Kier alpha value is -2.93. The topological polar surface area (TPSA) is 73.3 Å². The van der Waals surface area contributed by atoms with Gasteiger partial charge in [0.15, 0.2) is 0 Å². The number of aromatic nitrogens is 2. The normalized spacial score (nSPS) is 10.4. The highest BCUT2D eigenvalue weighted by Crippen LogP contribution is 2.25. The number of benzene rings is 2. The second kappa shape index (κ2) is 9.14. The summed E-state index contributed by atoms with van der Waals surface area (Å²) in [6.45, 7) is 4.79. The molecule has 1 N–H and O–H groups in total. The van der Waals surface area contributed by atoms with E-state index >= 15 is 0 Å². The van der Waals surface area contributed by atoms with Gasteiger partial charge in [0, 0.05) is 23.2 Å². The van der Waals surface area contributed by atoms with Crippen molar-refractivity contribution in [3.05, 3.63) is 65.5 Å². The first-order valence-electron chi connectivity index (χ1n) is 8.70. The van der Waals surface area contributed by atoms with Crippen molar-refractivity contribution >= 4 is 22.6 Å². The van der Waals surface area contributed by atoms with Crippen molar-refractivity contribution in [2.75, 3.05) is 11.9 Å². The molecule has 0 aliphatic heterocycles. The summed E-state index contributed by atoms with van der Waals surface area (Å²) in [5, 5.41) is 3.22. The number of hydrogen-bond acceptors (Lipinski definition) is 6. The Bertz CT molecular complexity index is 896. The lowest BCUT2D eigenvalue weighted by atomic mass is 10.2. The minimum atomic E-state index is -0.280. The number of hydrogen-bond donors (Lipinski definition) is 1. The van der Waals surface area contributed by atoms with Crippen LogP contribution in [-0.2, 0) is 6.61 Å². The van der Waals surface area contributed by atoms with Gasteiger partial charge in [0.2, 0.25) is 5.13 Å². The smallest absolute Gasteiger partial charge is 0.257 e. The van der Waals surface area contributed by atoms with Crippen LogP contribution in [0.2, 0.25) is 0 Å². The fourth-order valence-corrected chi connectivity index (χ4v) is 2.92. The zero-order valence-corrected chi connectivity index (χ0v) is 16.1. The Morgan fingerprint density at radius 1 is 1.11 bits per heavy atom. The Balaban J connectivity index is 1.77. The van der Waals surface area contributed by atoms with E-state index in [1.54, 1.807) is 25.1 Å². The van der Waals surface area contributed by atoms with Crippen molar-refractivity contribution in [1.82, 2.24) is 9.36 Å². The van der Waals surface area contributed by atoms with Gasteiger partial charge in [-0.15, -0.1) is 0 Å². The molecule has 0 atom stereocenters. The average molecular weight is 383 g/mol. The van der Waals surface area contributed by atoms with E-state index in [4.69, 9.17) is 9.47 Å². The molecule has 3 rings (SSSR count). The van der Waals surface area contributed by atoms with Gasteiger partial charge in [0.25, 0.3) is 5.91 Å². The van der Waals surface area contributed by atoms with Crippen molar-refractivity contribution in [1.29, 1.82) is 0 Å². The van der Waals surface area contributed by atoms with E-state index in [1.165, 1.54) is 0 Å². The number of nitrogens with one attached hydrogen (secondary N) is 1. The Kier molecular flexibility index (Phi) is 6.38. The first-order valence-corrected chi connectivity index (χ1v) is 9.47. The maximum atomic E-state index is 12.6. The molecule has 1 heterocycles. The molecule has 0 aliphatic rings. The lowest BCUT2D eigenvalue weighted by molar-refractivity contribution is 0.102. The molecule has 0 fully saturated rings. The molecule has 7 heteroatoms. The quantitative estimate of drug-likeness (QED) is 0.621. The highest BCUT2D eigenvalue weighted by atomic mass is 32.1.